The van der Waals surface area contributed by atoms with Gasteiger partial charge >= 0.3 is 11.4 Å². The molecular formula is C49H58Cl2N6O2. The van der Waals surface area contributed by atoms with E-state index in [1.54, 1.807) is 0 Å². The molecule has 2 aliphatic carbocycles. The first-order valence-corrected chi connectivity index (χ1v) is 22.7. The van der Waals surface area contributed by atoms with Crippen molar-refractivity contribution in [3.63, 3.8) is 0 Å². The minimum Gasteiger partial charge on any atom is -0.299 e. The van der Waals surface area contributed by atoms with Crippen LogP contribution in [-0.4, -0.2) is 54.2 Å². The van der Waals surface area contributed by atoms with Gasteiger partial charge in [-0.1, -0.05) is 77.3 Å². The topological polar surface area (TPSA) is 60.3 Å². The van der Waals surface area contributed by atoms with Crippen LogP contribution in [0, 0.1) is 25.7 Å². The molecule has 0 N–H and O–H groups in total. The molecule has 2 saturated heterocycles. The minimum absolute atomic E-state index is 0.143. The van der Waals surface area contributed by atoms with E-state index in [9.17, 15) is 9.59 Å². The standard InChI is InChI=1S/C25H30ClN3O.C24H28ClN3O/c1-17-3-7-20(8-4-17)18(2)27-13-11-22(12-14-27)29-23-10-9-21(26)15-24(23)28(25(29)30)16-19-5-6-19;1-17-6-9-22-23(14-17)27(15-18-7-8-18)24(29)28(22)20-10-12-26(13-11-20)16-19-4-2-3-5-21(19)25/h3-4,7-10,15,18-19,22H,5-6,11-14,16H2,1-2H3;2-6,9,14,18,20H,7-8,10-13,15-16H2,1H3. The van der Waals surface area contributed by atoms with Crippen LogP contribution in [-0.2, 0) is 19.6 Å². The molecule has 310 valence electrons. The number of aromatic nitrogens is 4. The quantitative estimate of drug-likeness (QED) is 0.138. The van der Waals surface area contributed by atoms with E-state index in [0.717, 1.165) is 98.6 Å². The second-order valence-corrected chi connectivity index (χ2v) is 18.8. The monoisotopic (exact) mass is 832 g/mol. The van der Waals surface area contributed by atoms with Gasteiger partial charge in [0.25, 0.3) is 0 Å². The van der Waals surface area contributed by atoms with E-state index in [4.69, 9.17) is 23.2 Å². The summed E-state index contributed by atoms with van der Waals surface area (Å²) in [5, 5.41) is 1.54. The minimum atomic E-state index is 0.143. The van der Waals surface area contributed by atoms with E-state index in [1.807, 2.05) is 45.5 Å². The van der Waals surface area contributed by atoms with Gasteiger partial charge in [0, 0.05) is 74.0 Å². The maximum atomic E-state index is 13.4. The third-order valence-electron chi connectivity index (χ3n) is 13.6. The zero-order chi connectivity index (χ0) is 40.8. The van der Waals surface area contributed by atoms with Crippen molar-refractivity contribution in [3.8, 4) is 0 Å². The van der Waals surface area contributed by atoms with Gasteiger partial charge in [-0.15, -0.1) is 0 Å². The van der Waals surface area contributed by atoms with Crippen molar-refractivity contribution >= 4 is 45.3 Å². The first kappa shape index (κ1) is 40.3. The molecule has 6 aromatic rings. The SMILES string of the molecule is Cc1ccc(C(C)N2CCC(n3c(=O)n(CC4CC4)c4cc(Cl)ccc43)CC2)cc1.Cc1ccc2c(c1)n(CC1CC1)c(=O)n2C1CCN(Cc2ccccc2Cl)CC1. The average Bonchev–Trinajstić information content (AvgIpc) is 4.19. The lowest BCUT2D eigenvalue weighted by atomic mass is 9.99. The van der Waals surface area contributed by atoms with Crippen LogP contribution >= 0.6 is 23.2 Å². The number of likely N-dealkylation sites (tertiary alicyclic amines) is 2. The zero-order valence-corrected chi connectivity index (χ0v) is 36.3. The Morgan fingerprint density at radius 1 is 0.593 bits per heavy atom. The largest absolute Gasteiger partial charge is 0.329 e. The molecule has 0 bridgehead atoms. The van der Waals surface area contributed by atoms with E-state index >= 15 is 0 Å². The number of aryl methyl sites for hydroxylation is 2. The smallest absolute Gasteiger partial charge is 0.299 e. The third-order valence-corrected chi connectivity index (χ3v) is 14.2. The first-order chi connectivity index (χ1) is 28.6. The van der Waals surface area contributed by atoms with Gasteiger partial charge in [-0.3, -0.25) is 28.1 Å². The molecule has 2 saturated carbocycles. The Bertz CT molecular complexity index is 2540. The van der Waals surface area contributed by atoms with Crippen LogP contribution in [0.15, 0.2) is 94.5 Å². The van der Waals surface area contributed by atoms with Crippen LogP contribution in [0.25, 0.3) is 22.1 Å². The van der Waals surface area contributed by atoms with Gasteiger partial charge in [0.05, 0.1) is 22.1 Å². The number of fused-ring (bicyclic) bond motifs is 2. The van der Waals surface area contributed by atoms with Crippen LogP contribution < -0.4 is 11.4 Å². The van der Waals surface area contributed by atoms with Crippen molar-refractivity contribution in [2.24, 2.45) is 11.8 Å². The lowest BCUT2D eigenvalue weighted by molar-refractivity contribution is 0.143. The van der Waals surface area contributed by atoms with Crippen molar-refractivity contribution in [3.05, 3.63) is 138 Å². The fourth-order valence-corrected chi connectivity index (χ4v) is 9.97. The molecule has 0 spiro atoms. The van der Waals surface area contributed by atoms with Crippen molar-refractivity contribution in [2.45, 2.75) is 110 Å². The molecule has 10 rings (SSSR count). The Kier molecular flexibility index (Phi) is 11.7. The molecule has 2 aliphatic heterocycles. The molecule has 4 fully saturated rings. The number of imidazole rings is 2. The van der Waals surface area contributed by atoms with Crippen molar-refractivity contribution in [1.29, 1.82) is 0 Å². The number of hydrogen-bond donors (Lipinski definition) is 0. The highest BCUT2D eigenvalue weighted by Crippen LogP contribution is 2.35. The lowest BCUT2D eigenvalue weighted by Crippen LogP contribution is -2.39. The van der Waals surface area contributed by atoms with Crippen LogP contribution in [0.4, 0.5) is 0 Å². The van der Waals surface area contributed by atoms with Gasteiger partial charge in [0.15, 0.2) is 0 Å². The molecule has 4 aliphatic rings. The summed E-state index contributed by atoms with van der Waals surface area (Å²) in [6.45, 7) is 13.1. The van der Waals surface area contributed by atoms with E-state index < -0.39 is 0 Å². The fraction of sp³-hybridized carbons (Fsp3) is 0.469. The van der Waals surface area contributed by atoms with E-state index in [-0.39, 0.29) is 23.5 Å². The summed E-state index contributed by atoms with van der Waals surface area (Å²) in [4.78, 5) is 31.8. The van der Waals surface area contributed by atoms with Gasteiger partial charge in [-0.2, -0.15) is 0 Å². The molecule has 1 atom stereocenters. The van der Waals surface area contributed by atoms with Gasteiger partial charge in [-0.25, -0.2) is 9.59 Å². The molecule has 1 unspecified atom stereocenters. The van der Waals surface area contributed by atoms with Crippen molar-refractivity contribution < 1.29 is 0 Å². The summed E-state index contributed by atoms with van der Waals surface area (Å²) < 4.78 is 8.15. The molecule has 8 nitrogen and oxygen atoms in total. The second-order valence-electron chi connectivity index (χ2n) is 18.0. The summed E-state index contributed by atoms with van der Waals surface area (Å²) in [7, 11) is 0. The van der Waals surface area contributed by atoms with Gasteiger partial charge < -0.3 is 0 Å². The Morgan fingerprint density at radius 3 is 1.69 bits per heavy atom. The summed E-state index contributed by atoms with van der Waals surface area (Å²) in [5.41, 5.74) is 9.64. The van der Waals surface area contributed by atoms with Crippen molar-refractivity contribution in [1.82, 2.24) is 28.1 Å². The number of hydrogen-bond acceptors (Lipinski definition) is 4. The molecule has 4 heterocycles. The van der Waals surface area contributed by atoms with Crippen LogP contribution in [0.5, 0.6) is 0 Å². The van der Waals surface area contributed by atoms with Crippen molar-refractivity contribution in [2.75, 3.05) is 26.2 Å². The van der Waals surface area contributed by atoms with Crippen LogP contribution in [0.2, 0.25) is 10.0 Å². The molecule has 59 heavy (non-hydrogen) atoms. The second kappa shape index (κ2) is 17.1. The lowest BCUT2D eigenvalue weighted by Gasteiger charge is -2.36. The number of benzene rings is 4. The molecular weight excluding hydrogens is 775 g/mol. The van der Waals surface area contributed by atoms with E-state index in [1.165, 1.54) is 47.9 Å². The Hall–Kier alpha value is -4.08. The first-order valence-electron chi connectivity index (χ1n) is 22.0. The predicted molar refractivity (Wildman–Crippen MR) is 242 cm³/mol. The highest BCUT2D eigenvalue weighted by molar-refractivity contribution is 6.31. The maximum Gasteiger partial charge on any atom is 0.329 e. The summed E-state index contributed by atoms with van der Waals surface area (Å²) in [6, 6.07) is 30.2. The summed E-state index contributed by atoms with van der Waals surface area (Å²) >= 11 is 12.6. The Balaban J connectivity index is 0.000000152. The van der Waals surface area contributed by atoms with Gasteiger partial charge in [0.2, 0.25) is 0 Å². The molecule has 10 heteroatoms. The fourth-order valence-electron chi connectivity index (χ4n) is 9.61. The summed E-state index contributed by atoms with van der Waals surface area (Å²) in [5.74, 6) is 1.34. The predicted octanol–water partition coefficient (Wildman–Crippen LogP) is 10.6. The number of rotatable bonds is 10. The van der Waals surface area contributed by atoms with Crippen LogP contribution in [0.1, 0.15) is 98.7 Å². The molecule has 2 aromatic heterocycles. The number of piperidine rings is 2. The molecule has 0 amide bonds. The zero-order valence-electron chi connectivity index (χ0n) is 34.8. The average molecular weight is 834 g/mol. The Labute approximate surface area is 357 Å². The van der Waals surface area contributed by atoms with Gasteiger partial charge in [0.1, 0.15) is 0 Å². The van der Waals surface area contributed by atoms with Gasteiger partial charge in [-0.05, 0) is 137 Å². The normalized spacial score (nSPS) is 19.0. The van der Waals surface area contributed by atoms with Crippen LogP contribution in [0.3, 0.4) is 0 Å². The highest BCUT2D eigenvalue weighted by atomic mass is 35.5. The Morgan fingerprint density at radius 2 is 1.12 bits per heavy atom. The number of halogens is 2. The van der Waals surface area contributed by atoms with E-state index in [0.29, 0.717) is 22.9 Å². The molecule has 0 radical (unpaired) electrons. The number of nitrogens with zero attached hydrogens (tertiary/aromatic N) is 6. The van der Waals surface area contributed by atoms with E-state index in [2.05, 4.69) is 88.2 Å². The molecule has 4 aromatic carbocycles. The third kappa shape index (κ3) is 8.75. The maximum absolute atomic E-state index is 13.4. The summed E-state index contributed by atoms with van der Waals surface area (Å²) in [6.07, 6.45) is 8.98. The highest BCUT2D eigenvalue weighted by Gasteiger charge is 2.31.